The topological polar surface area (TPSA) is 202 Å². The lowest BCUT2D eigenvalue weighted by Crippen LogP contribution is -2.53. The number of likely N-dealkylation sites (tertiary alicyclic amines) is 1. The molecule has 3 fully saturated rings. The van der Waals surface area contributed by atoms with E-state index in [1.54, 1.807) is 0 Å². The second-order valence-corrected chi connectivity index (χ2v) is 17.6. The Labute approximate surface area is 382 Å². The summed E-state index contributed by atoms with van der Waals surface area (Å²) in [5, 5.41) is 10.8. The minimum absolute atomic E-state index is 0.00564. The van der Waals surface area contributed by atoms with Crippen molar-refractivity contribution in [2.45, 2.75) is 75.9 Å². The van der Waals surface area contributed by atoms with E-state index in [9.17, 15) is 19.2 Å². The molecular formula is C50H58N8O8. The monoisotopic (exact) mass is 898 g/mol. The lowest BCUT2D eigenvalue weighted by atomic mass is 9.90. The number of aryl methyl sites for hydroxylation is 1. The minimum Gasteiger partial charge on any atom is -0.453 e. The zero-order valence-corrected chi connectivity index (χ0v) is 37.5. The smallest absolute Gasteiger partial charge is 0.407 e. The number of carbonyl (C=O) groups is 4. The van der Waals surface area contributed by atoms with Gasteiger partial charge < -0.3 is 49.8 Å². The molecule has 3 aliphatic heterocycles. The maximum Gasteiger partial charge on any atom is 0.407 e. The number of fused-ring (bicyclic) bond motifs is 3. The predicted molar refractivity (Wildman–Crippen MR) is 250 cm³/mol. The van der Waals surface area contributed by atoms with Crippen LogP contribution in [-0.2, 0) is 35.0 Å². The van der Waals surface area contributed by atoms with Crippen LogP contribution in [0.3, 0.4) is 0 Å². The number of aromatic amines is 2. The molecule has 16 heteroatoms. The van der Waals surface area contributed by atoms with Crippen LogP contribution in [0.4, 0.5) is 9.59 Å². The Balaban J connectivity index is 0.826. The number of hydrogen-bond donors (Lipinski definition) is 5. The van der Waals surface area contributed by atoms with Gasteiger partial charge >= 0.3 is 12.2 Å². The Bertz CT molecular complexity index is 2700. The Morgan fingerprint density at radius 2 is 1.23 bits per heavy atom. The van der Waals surface area contributed by atoms with Crippen molar-refractivity contribution >= 4 is 56.8 Å². The van der Waals surface area contributed by atoms with Gasteiger partial charge in [-0.25, -0.2) is 19.6 Å². The molecule has 0 radical (unpaired) electrons. The molecule has 4 aromatic carbocycles. The Morgan fingerprint density at radius 1 is 0.682 bits per heavy atom. The maximum absolute atomic E-state index is 14.1. The zero-order chi connectivity index (χ0) is 45.6. The zero-order valence-electron chi connectivity index (χ0n) is 37.5. The number of ether oxygens (including phenoxy) is 4. The summed E-state index contributed by atoms with van der Waals surface area (Å²) in [4.78, 5) is 70.1. The number of benzene rings is 4. The summed E-state index contributed by atoms with van der Waals surface area (Å²) in [5.41, 5.74) is 7.95. The number of alkyl carbamates (subject to hydrolysis) is 2. The second-order valence-electron chi connectivity index (χ2n) is 17.6. The molecular weight excluding hydrogens is 841 g/mol. The van der Waals surface area contributed by atoms with E-state index < -0.39 is 24.3 Å². The summed E-state index contributed by atoms with van der Waals surface area (Å²) < 4.78 is 20.6. The summed E-state index contributed by atoms with van der Waals surface area (Å²) in [7, 11) is 2.61. The lowest BCUT2D eigenvalue weighted by molar-refractivity contribution is -0.136. The molecule has 3 saturated heterocycles. The van der Waals surface area contributed by atoms with Gasteiger partial charge in [0.25, 0.3) is 0 Å². The van der Waals surface area contributed by atoms with Gasteiger partial charge in [0, 0.05) is 45.9 Å². The van der Waals surface area contributed by atoms with E-state index in [1.165, 1.54) is 14.2 Å². The van der Waals surface area contributed by atoms with E-state index >= 15 is 0 Å². The van der Waals surface area contributed by atoms with Gasteiger partial charge in [-0.3, -0.25) is 9.59 Å². The van der Waals surface area contributed by atoms with Crippen LogP contribution in [0.1, 0.15) is 69.1 Å². The first-order chi connectivity index (χ1) is 32.2. The first-order valence-electron chi connectivity index (χ1n) is 23.2. The van der Waals surface area contributed by atoms with Crippen molar-refractivity contribution in [3.63, 3.8) is 0 Å². The number of imidazole rings is 2. The van der Waals surface area contributed by atoms with Crippen molar-refractivity contribution in [1.82, 2.24) is 40.8 Å². The van der Waals surface area contributed by atoms with Gasteiger partial charge in [0.2, 0.25) is 11.8 Å². The van der Waals surface area contributed by atoms with Crippen molar-refractivity contribution in [3.8, 4) is 22.3 Å². The predicted octanol–water partition coefficient (Wildman–Crippen LogP) is 7.33. The molecule has 0 aliphatic carbocycles. The number of hydrogen-bond acceptors (Lipinski definition) is 10. The summed E-state index contributed by atoms with van der Waals surface area (Å²) >= 11 is 0. The first-order valence-corrected chi connectivity index (χ1v) is 23.2. The highest BCUT2D eigenvalue weighted by Gasteiger charge is 2.40. The average Bonchev–Trinajstić information content (AvgIpc) is 4.13. The van der Waals surface area contributed by atoms with Gasteiger partial charge in [-0.05, 0) is 133 Å². The summed E-state index contributed by atoms with van der Waals surface area (Å²) in [6.07, 6.45) is 5.56. The molecule has 4 amide bonds. The highest BCUT2D eigenvalue weighted by molar-refractivity contribution is 5.93. The van der Waals surface area contributed by atoms with Crippen molar-refractivity contribution in [2.75, 3.05) is 53.7 Å². The Hall–Kier alpha value is -6.52. The summed E-state index contributed by atoms with van der Waals surface area (Å²) in [6, 6.07) is 24.0. The van der Waals surface area contributed by atoms with Crippen molar-refractivity contribution in [1.29, 1.82) is 0 Å². The van der Waals surface area contributed by atoms with Gasteiger partial charge in [0.05, 0.1) is 42.3 Å². The lowest BCUT2D eigenvalue weighted by Gasteiger charge is -2.34. The molecule has 3 aliphatic rings. The molecule has 9 rings (SSSR count). The van der Waals surface area contributed by atoms with Crippen LogP contribution in [0.25, 0.3) is 55.1 Å². The molecule has 5 heterocycles. The molecule has 3 unspecified atom stereocenters. The number of nitrogens with one attached hydrogen (secondary N) is 5. The van der Waals surface area contributed by atoms with E-state index in [-0.39, 0.29) is 29.7 Å². The molecule has 16 nitrogen and oxygen atoms in total. The summed E-state index contributed by atoms with van der Waals surface area (Å²) in [5.74, 6) is 1.32. The van der Waals surface area contributed by atoms with E-state index in [2.05, 4.69) is 92.6 Å². The largest absolute Gasteiger partial charge is 0.453 e. The summed E-state index contributed by atoms with van der Waals surface area (Å²) in [6.45, 7) is 3.36. The molecule has 0 saturated carbocycles. The van der Waals surface area contributed by atoms with Crippen molar-refractivity contribution in [3.05, 3.63) is 84.4 Å². The number of aromatic nitrogens is 4. The molecule has 66 heavy (non-hydrogen) atoms. The standard InChI is InChI=1S/C50H58N8O8/c1-63-49(61)56-44(30-16-22-65-23-17-30)47(59)51-20-4-3-7-43-52-38-14-12-36(28-40(38)53-43)34-10-8-33-27-35(11-9-32(33)26-34)37-13-15-39-41(29-37)55-46(54-39)42-6-5-21-58(42)48(60)45(57-50(62)64-2)31-18-24-66-25-19-31/h8-15,26-31,42,44-45H,3-7,16-25H2,1-2H3,(H,51,59)(H,52,53)(H,54,55)(H,56,61)(H,57,62). The number of nitrogens with zero attached hydrogens (tertiary/aromatic N) is 3. The van der Waals surface area contributed by atoms with Crippen molar-refractivity contribution in [2.24, 2.45) is 11.8 Å². The first kappa shape index (κ1) is 44.7. The maximum atomic E-state index is 14.1. The molecule has 346 valence electrons. The molecule has 6 aromatic rings. The Kier molecular flexibility index (Phi) is 13.8. The van der Waals surface area contributed by atoms with Crippen LogP contribution in [-0.4, -0.2) is 115 Å². The second kappa shape index (κ2) is 20.3. The number of H-pyrrole nitrogens is 2. The molecule has 5 N–H and O–H groups in total. The van der Waals surface area contributed by atoms with Crippen molar-refractivity contribution < 1.29 is 38.1 Å². The average molecular weight is 899 g/mol. The highest BCUT2D eigenvalue weighted by atomic mass is 16.5. The molecule has 0 bridgehead atoms. The van der Waals surface area contributed by atoms with Crippen LogP contribution in [0.5, 0.6) is 0 Å². The van der Waals surface area contributed by atoms with Crippen LogP contribution in [0, 0.1) is 11.8 Å². The number of carbonyl (C=O) groups excluding carboxylic acids is 4. The fourth-order valence-electron chi connectivity index (χ4n) is 9.81. The van der Waals surface area contributed by atoms with Gasteiger partial charge in [-0.15, -0.1) is 0 Å². The quantitative estimate of drug-likeness (QED) is 0.0690. The number of methoxy groups -OCH3 is 2. The molecule has 2 aromatic heterocycles. The van der Waals surface area contributed by atoms with E-state index in [4.69, 9.17) is 28.9 Å². The minimum atomic E-state index is -0.685. The van der Waals surface area contributed by atoms with Crippen LogP contribution >= 0.6 is 0 Å². The van der Waals surface area contributed by atoms with Gasteiger partial charge in [0.1, 0.15) is 23.7 Å². The van der Waals surface area contributed by atoms with Crippen LogP contribution < -0.4 is 16.0 Å². The van der Waals surface area contributed by atoms with Crippen LogP contribution in [0.2, 0.25) is 0 Å². The SMILES string of the molecule is COC(=O)NC(C(=O)NCCCCc1nc2ccc(-c3ccc4cc(-c5ccc6nc(C7CCCN7C(=O)C(NC(=O)OC)C7CCOCC7)[nH]c6c5)ccc4c3)cc2[nH]1)C1CCOCC1. The number of unbranched alkanes of at least 4 members (excludes halogenated alkanes) is 1. The molecule has 3 atom stereocenters. The fraction of sp³-hybridized carbons (Fsp3) is 0.440. The van der Waals surface area contributed by atoms with E-state index in [0.717, 1.165) is 98.8 Å². The third-order valence-electron chi connectivity index (χ3n) is 13.5. The highest BCUT2D eigenvalue weighted by Crippen LogP contribution is 2.36. The third-order valence-corrected chi connectivity index (χ3v) is 13.5. The molecule has 0 spiro atoms. The normalized spacial score (nSPS) is 18.0. The third kappa shape index (κ3) is 9.99. The van der Waals surface area contributed by atoms with E-state index in [0.29, 0.717) is 65.2 Å². The van der Waals surface area contributed by atoms with Crippen LogP contribution in [0.15, 0.2) is 72.8 Å². The Morgan fingerprint density at radius 3 is 1.85 bits per heavy atom. The van der Waals surface area contributed by atoms with Gasteiger partial charge in [0.15, 0.2) is 0 Å². The van der Waals surface area contributed by atoms with Gasteiger partial charge in [-0.2, -0.15) is 0 Å². The van der Waals surface area contributed by atoms with Gasteiger partial charge in [-0.1, -0.05) is 36.4 Å². The fourth-order valence-corrected chi connectivity index (χ4v) is 9.81. The van der Waals surface area contributed by atoms with E-state index in [1.807, 2.05) is 11.0 Å². The number of amides is 4. The number of rotatable bonds is 14.